The molecule has 3 heteroatoms. The molecular weight excluding hydrogens is 733 g/mol. The fourth-order valence-corrected chi connectivity index (χ4v) is 9.64. The number of nitrogens with zero attached hydrogens (tertiary/aromatic N) is 2. The lowest BCUT2D eigenvalue weighted by atomic mass is 10.0. The van der Waals surface area contributed by atoms with E-state index < -0.39 is 0 Å². The van der Waals surface area contributed by atoms with Gasteiger partial charge in [0.05, 0.1) is 22.7 Å². The van der Waals surface area contributed by atoms with E-state index in [1.807, 2.05) is 11.3 Å². The first-order chi connectivity index (χ1) is 29.3. The molecule has 1 heterocycles. The van der Waals surface area contributed by atoms with E-state index in [0.29, 0.717) is 0 Å². The van der Waals surface area contributed by atoms with Crippen molar-refractivity contribution in [3.8, 4) is 20.9 Å². The van der Waals surface area contributed by atoms with Crippen molar-refractivity contribution in [2.75, 3.05) is 9.80 Å². The highest BCUT2D eigenvalue weighted by Gasteiger charge is 2.20. The van der Waals surface area contributed by atoms with E-state index in [2.05, 4.69) is 240 Å². The Bertz CT molecular complexity index is 2890. The molecule has 1 aromatic heterocycles. The van der Waals surface area contributed by atoms with E-state index in [0.717, 1.165) is 34.1 Å². The molecule has 0 bridgehead atoms. The van der Waals surface area contributed by atoms with Crippen LogP contribution in [0.25, 0.3) is 64.0 Å². The number of anilines is 6. The fourth-order valence-electron chi connectivity index (χ4n) is 8.63. The van der Waals surface area contributed by atoms with Crippen LogP contribution in [0.15, 0.2) is 231 Å². The van der Waals surface area contributed by atoms with E-state index in [1.165, 1.54) is 64.0 Å². The first-order valence-electron chi connectivity index (χ1n) is 20.1. The maximum Gasteiger partial charge on any atom is 0.0540 e. The number of thiophene rings is 1. The highest BCUT2D eigenvalue weighted by Crippen LogP contribution is 2.45. The Hall–Kier alpha value is -7.46. The summed E-state index contributed by atoms with van der Waals surface area (Å²) in [7, 11) is 0. The molecule has 0 fully saturated rings. The Labute approximate surface area is 348 Å². The van der Waals surface area contributed by atoms with Crippen molar-refractivity contribution >= 4 is 88.6 Å². The van der Waals surface area contributed by atoms with Gasteiger partial charge in [-0.05, 0) is 93.3 Å². The van der Waals surface area contributed by atoms with Gasteiger partial charge in [-0.3, -0.25) is 0 Å². The molecule has 0 unspecified atom stereocenters. The number of rotatable bonds is 8. The summed E-state index contributed by atoms with van der Waals surface area (Å²) in [5.41, 5.74) is 9.29. The molecule has 0 atom stereocenters. The molecule has 11 rings (SSSR count). The quantitative estimate of drug-likeness (QED) is 0.152. The van der Waals surface area contributed by atoms with Crippen LogP contribution in [-0.2, 0) is 0 Å². The molecule has 278 valence electrons. The van der Waals surface area contributed by atoms with Gasteiger partial charge in [-0.15, -0.1) is 11.3 Å². The van der Waals surface area contributed by atoms with Crippen molar-refractivity contribution in [3.05, 3.63) is 231 Å². The largest absolute Gasteiger partial charge is 0.309 e. The average molecular weight is 771 g/mol. The normalized spacial score (nSPS) is 11.4. The molecule has 0 saturated carbocycles. The minimum absolute atomic E-state index is 1.12. The van der Waals surface area contributed by atoms with Crippen LogP contribution in [-0.4, -0.2) is 0 Å². The number of fused-ring (bicyclic) bond motifs is 4. The Balaban J connectivity index is 0.944. The molecule has 0 amide bonds. The van der Waals surface area contributed by atoms with Crippen LogP contribution in [0.3, 0.4) is 0 Å². The van der Waals surface area contributed by atoms with Crippen molar-refractivity contribution in [2.24, 2.45) is 0 Å². The van der Waals surface area contributed by atoms with Crippen molar-refractivity contribution in [2.45, 2.75) is 0 Å². The summed E-state index contributed by atoms with van der Waals surface area (Å²) >= 11 is 1.83. The lowest BCUT2D eigenvalue weighted by Gasteiger charge is -2.28. The van der Waals surface area contributed by atoms with Gasteiger partial charge in [0.25, 0.3) is 0 Å². The third-order valence-corrected chi connectivity index (χ3v) is 12.6. The van der Waals surface area contributed by atoms with Crippen molar-refractivity contribution < 1.29 is 0 Å². The zero-order valence-electron chi connectivity index (χ0n) is 32.2. The second-order valence-electron chi connectivity index (χ2n) is 14.9. The van der Waals surface area contributed by atoms with Crippen LogP contribution in [0.4, 0.5) is 34.1 Å². The van der Waals surface area contributed by atoms with Crippen molar-refractivity contribution in [1.82, 2.24) is 0 Å². The summed E-state index contributed by atoms with van der Waals surface area (Å²) in [6.07, 6.45) is 0. The summed E-state index contributed by atoms with van der Waals surface area (Å²) in [4.78, 5) is 7.31. The molecule has 0 aliphatic rings. The third-order valence-electron chi connectivity index (χ3n) is 11.5. The Morgan fingerprint density at radius 2 is 0.508 bits per heavy atom. The van der Waals surface area contributed by atoms with Gasteiger partial charge in [0.15, 0.2) is 0 Å². The zero-order chi connectivity index (χ0) is 39.1. The molecule has 0 aliphatic carbocycles. The molecule has 0 radical (unpaired) electrons. The van der Waals surface area contributed by atoms with Crippen molar-refractivity contribution in [1.29, 1.82) is 0 Å². The maximum absolute atomic E-state index is 2.41. The standard InChI is InChI=1S/C56H38N2S/c1-5-21-47-39(13-1)17-9-25-51(47)57(52-26-10-18-40-14-2-6-22-48(40)52)45-33-29-43(30-34-45)55-37-38-56(59-55)44-31-35-46(36-32-44)58(53-27-11-19-41-15-3-7-23-49(41)53)54-28-12-20-42-16-4-8-24-50(42)54/h1-38H. The minimum Gasteiger partial charge on any atom is -0.309 e. The van der Waals surface area contributed by atoms with Crippen LogP contribution in [0, 0.1) is 0 Å². The smallest absolute Gasteiger partial charge is 0.0540 e. The van der Waals surface area contributed by atoms with Crippen LogP contribution in [0.5, 0.6) is 0 Å². The molecule has 0 aliphatic heterocycles. The molecule has 0 saturated heterocycles. The molecule has 11 aromatic rings. The summed E-state index contributed by atoms with van der Waals surface area (Å²) < 4.78 is 0. The minimum atomic E-state index is 1.12. The van der Waals surface area contributed by atoms with Gasteiger partial charge >= 0.3 is 0 Å². The summed E-state index contributed by atoms with van der Waals surface area (Å²) in [6.45, 7) is 0. The average Bonchev–Trinajstić information content (AvgIpc) is 3.81. The zero-order valence-corrected chi connectivity index (χ0v) is 33.1. The third kappa shape index (κ3) is 6.29. The van der Waals surface area contributed by atoms with Gasteiger partial charge in [-0.25, -0.2) is 0 Å². The second kappa shape index (κ2) is 14.8. The lowest BCUT2D eigenvalue weighted by Crippen LogP contribution is -2.11. The van der Waals surface area contributed by atoms with Gasteiger partial charge < -0.3 is 9.80 Å². The second-order valence-corrected chi connectivity index (χ2v) is 16.0. The lowest BCUT2D eigenvalue weighted by molar-refractivity contribution is 1.31. The van der Waals surface area contributed by atoms with E-state index in [-0.39, 0.29) is 0 Å². The maximum atomic E-state index is 2.41. The highest BCUT2D eigenvalue weighted by molar-refractivity contribution is 7.18. The van der Waals surface area contributed by atoms with Crippen LogP contribution >= 0.6 is 11.3 Å². The monoisotopic (exact) mass is 770 g/mol. The number of benzene rings is 10. The molecule has 59 heavy (non-hydrogen) atoms. The van der Waals surface area contributed by atoms with E-state index in [1.54, 1.807) is 0 Å². The first kappa shape index (κ1) is 34.8. The number of hydrogen-bond donors (Lipinski definition) is 0. The van der Waals surface area contributed by atoms with Crippen LogP contribution in [0.1, 0.15) is 0 Å². The van der Waals surface area contributed by atoms with E-state index in [4.69, 9.17) is 0 Å². The Morgan fingerprint density at radius 3 is 0.814 bits per heavy atom. The predicted molar refractivity (Wildman–Crippen MR) is 255 cm³/mol. The molecule has 0 N–H and O–H groups in total. The summed E-state index contributed by atoms with van der Waals surface area (Å²) in [5, 5.41) is 9.77. The molecular formula is C56H38N2S. The van der Waals surface area contributed by atoms with Gasteiger partial charge in [-0.1, -0.05) is 170 Å². The fraction of sp³-hybridized carbons (Fsp3) is 0. The summed E-state index contributed by atoms with van der Waals surface area (Å²) in [6, 6.07) is 83.6. The Kier molecular flexibility index (Phi) is 8.72. The van der Waals surface area contributed by atoms with Gasteiger partial charge in [-0.2, -0.15) is 0 Å². The van der Waals surface area contributed by atoms with Gasteiger partial charge in [0.1, 0.15) is 0 Å². The Morgan fingerprint density at radius 1 is 0.237 bits per heavy atom. The van der Waals surface area contributed by atoms with Crippen molar-refractivity contribution in [3.63, 3.8) is 0 Å². The summed E-state index contributed by atoms with van der Waals surface area (Å²) in [5.74, 6) is 0. The predicted octanol–water partition coefficient (Wildman–Crippen LogP) is 16.6. The van der Waals surface area contributed by atoms with Gasteiger partial charge in [0.2, 0.25) is 0 Å². The van der Waals surface area contributed by atoms with E-state index in [9.17, 15) is 0 Å². The molecule has 0 spiro atoms. The SMILES string of the molecule is c1ccc2c(N(c3ccc(-c4ccc(-c5ccc(N(c6cccc7ccccc67)c6cccc7ccccc67)cc5)s4)cc3)c3cccc4ccccc34)cccc2c1. The van der Waals surface area contributed by atoms with E-state index >= 15 is 0 Å². The highest BCUT2D eigenvalue weighted by atomic mass is 32.1. The molecule has 10 aromatic carbocycles. The van der Waals surface area contributed by atoms with Crippen LogP contribution < -0.4 is 9.80 Å². The topological polar surface area (TPSA) is 6.48 Å². The molecule has 2 nitrogen and oxygen atoms in total. The van der Waals surface area contributed by atoms with Gasteiger partial charge in [0, 0.05) is 42.7 Å². The first-order valence-corrected chi connectivity index (χ1v) is 20.9. The van der Waals surface area contributed by atoms with Crippen LogP contribution in [0.2, 0.25) is 0 Å². The number of hydrogen-bond acceptors (Lipinski definition) is 3.